The Kier molecular flexibility index (Phi) is 6.85. The second-order valence-electron chi connectivity index (χ2n) is 5.12. The Bertz CT molecular complexity index is 355. The first-order chi connectivity index (χ1) is 8.74. The second kappa shape index (κ2) is 8.18. The molecule has 1 rings (SSSR count). The van der Waals surface area contributed by atoms with Crippen LogP contribution in [0.5, 0.6) is 5.75 Å². The van der Waals surface area contributed by atoms with Crippen LogP contribution in [0.1, 0.15) is 69.6 Å². The van der Waals surface area contributed by atoms with Gasteiger partial charge in [0.15, 0.2) is 0 Å². The van der Waals surface area contributed by atoms with Gasteiger partial charge >= 0.3 is 0 Å². The number of aromatic hydroxyl groups is 1. The predicted molar refractivity (Wildman–Crippen MR) is 79.3 cm³/mol. The summed E-state index contributed by atoms with van der Waals surface area (Å²) in [7, 11) is 0. The SMILES string of the molecule is CCCCCc1c(O)ccc(CC)c1CCCC. The van der Waals surface area contributed by atoms with E-state index < -0.39 is 0 Å². The topological polar surface area (TPSA) is 20.2 Å². The van der Waals surface area contributed by atoms with Gasteiger partial charge in [0.05, 0.1) is 0 Å². The Balaban J connectivity index is 2.94. The van der Waals surface area contributed by atoms with Crippen molar-refractivity contribution in [3.63, 3.8) is 0 Å². The van der Waals surface area contributed by atoms with Crippen molar-refractivity contribution in [2.75, 3.05) is 0 Å². The van der Waals surface area contributed by atoms with Crippen molar-refractivity contribution in [2.45, 2.75) is 72.1 Å². The van der Waals surface area contributed by atoms with Crippen LogP contribution in [0.3, 0.4) is 0 Å². The van der Waals surface area contributed by atoms with Crippen LogP contribution in [0.2, 0.25) is 0 Å². The van der Waals surface area contributed by atoms with Crippen LogP contribution in [-0.2, 0) is 19.3 Å². The largest absolute Gasteiger partial charge is 0.508 e. The zero-order valence-corrected chi connectivity index (χ0v) is 12.3. The predicted octanol–water partition coefficient (Wildman–Crippen LogP) is 5.03. The van der Waals surface area contributed by atoms with Crippen molar-refractivity contribution >= 4 is 0 Å². The van der Waals surface area contributed by atoms with Gasteiger partial charge in [0, 0.05) is 0 Å². The normalized spacial score (nSPS) is 10.8. The van der Waals surface area contributed by atoms with Crippen LogP contribution in [-0.4, -0.2) is 5.11 Å². The Morgan fingerprint density at radius 3 is 2.11 bits per heavy atom. The van der Waals surface area contributed by atoms with Crippen LogP contribution in [0.15, 0.2) is 12.1 Å². The molecular formula is C17H28O. The van der Waals surface area contributed by atoms with E-state index in [0.29, 0.717) is 5.75 Å². The first kappa shape index (κ1) is 15.1. The molecule has 0 heterocycles. The molecule has 0 aliphatic heterocycles. The van der Waals surface area contributed by atoms with Crippen LogP contribution in [0.25, 0.3) is 0 Å². The Morgan fingerprint density at radius 1 is 0.833 bits per heavy atom. The third-order valence-corrected chi connectivity index (χ3v) is 3.70. The number of rotatable bonds is 8. The first-order valence-corrected chi connectivity index (χ1v) is 7.57. The average Bonchev–Trinajstić information content (AvgIpc) is 2.39. The van der Waals surface area contributed by atoms with Crippen molar-refractivity contribution in [3.8, 4) is 5.75 Å². The zero-order chi connectivity index (χ0) is 13.4. The molecule has 0 radical (unpaired) electrons. The van der Waals surface area contributed by atoms with Gasteiger partial charge < -0.3 is 5.11 Å². The summed E-state index contributed by atoms with van der Waals surface area (Å²) in [5, 5.41) is 10.1. The van der Waals surface area contributed by atoms with Gasteiger partial charge in [-0.15, -0.1) is 0 Å². The lowest BCUT2D eigenvalue weighted by atomic mass is 9.91. The van der Waals surface area contributed by atoms with E-state index in [1.165, 1.54) is 48.8 Å². The minimum absolute atomic E-state index is 0.509. The molecule has 0 saturated carbocycles. The van der Waals surface area contributed by atoms with Crippen LogP contribution in [0, 0.1) is 0 Å². The van der Waals surface area contributed by atoms with Gasteiger partial charge in [0.2, 0.25) is 0 Å². The van der Waals surface area contributed by atoms with E-state index in [1.807, 2.05) is 6.07 Å². The molecule has 102 valence electrons. The molecule has 0 spiro atoms. The molecular weight excluding hydrogens is 220 g/mol. The lowest BCUT2D eigenvalue weighted by Crippen LogP contribution is -2.01. The molecule has 1 nitrogen and oxygen atoms in total. The van der Waals surface area contributed by atoms with E-state index in [0.717, 1.165) is 19.3 Å². The maximum absolute atomic E-state index is 10.1. The standard InChI is InChI=1S/C17H28O/c1-4-7-9-11-16-15(10-8-5-2)14(6-3)12-13-17(16)18/h12-13,18H,4-11H2,1-3H3. The van der Waals surface area contributed by atoms with E-state index in [4.69, 9.17) is 0 Å². The highest BCUT2D eigenvalue weighted by atomic mass is 16.3. The fourth-order valence-electron chi connectivity index (χ4n) is 2.56. The number of unbranched alkanes of at least 4 members (excludes halogenated alkanes) is 3. The molecule has 0 amide bonds. The monoisotopic (exact) mass is 248 g/mol. The number of hydrogen-bond donors (Lipinski definition) is 1. The third kappa shape index (κ3) is 4.04. The Morgan fingerprint density at radius 2 is 1.50 bits per heavy atom. The molecule has 1 aromatic rings. The maximum Gasteiger partial charge on any atom is 0.119 e. The van der Waals surface area contributed by atoms with E-state index in [9.17, 15) is 5.11 Å². The molecule has 0 unspecified atom stereocenters. The fraction of sp³-hybridized carbons (Fsp3) is 0.647. The molecule has 1 aromatic carbocycles. The van der Waals surface area contributed by atoms with Gasteiger partial charge in [0.25, 0.3) is 0 Å². The van der Waals surface area contributed by atoms with Gasteiger partial charge in [-0.05, 0) is 54.9 Å². The summed E-state index contributed by atoms with van der Waals surface area (Å²) in [5.41, 5.74) is 4.07. The smallest absolute Gasteiger partial charge is 0.119 e. The van der Waals surface area contributed by atoms with Crippen molar-refractivity contribution in [1.82, 2.24) is 0 Å². The molecule has 18 heavy (non-hydrogen) atoms. The van der Waals surface area contributed by atoms with Crippen molar-refractivity contribution in [1.29, 1.82) is 0 Å². The molecule has 0 saturated heterocycles. The third-order valence-electron chi connectivity index (χ3n) is 3.70. The van der Waals surface area contributed by atoms with Crippen LogP contribution < -0.4 is 0 Å². The summed E-state index contributed by atoms with van der Waals surface area (Å²) < 4.78 is 0. The number of phenols is 1. The van der Waals surface area contributed by atoms with Gasteiger partial charge in [0.1, 0.15) is 5.75 Å². The molecule has 0 aliphatic carbocycles. The van der Waals surface area contributed by atoms with Gasteiger partial charge in [-0.1, -0.05) is 46.1 Å². The average molecular weight is 248 g/mol. The first-order valence-electron chi connectivity index (χ1n) is 7.57. The summed E-state index contributed by atoms with van der Waals surface area (Å²) in [5.74, 6) is 0.509. The molecule has 0 bridgehead atoms. The fourth-order valence-corrected chi connectivity index (χ4v) is 2.56. The molecule has 0 aromatic heterocycles. The van der Waals surface area contributed by atoms with E-state index in [1.54, 1.807) is 0 Å². The molecule has 0 fully saturated rings. The van der Waals surface area contributed by atoms with Crippen LogP contribution in [0.4, 0.5) is 0 Å². The number of aryl methyl sites for hydroxylation is 1. The highest BCUT2D eigenvalue weighted by Gasteiger charge is 2.11. The molecule has 0 atom stereocenters. The van der Waals surface area contributed by atoms with E-state index in [-0.39, 0.29) is 0 Å². The number of hydrogen-bond acceptors (Lipinski definition) is 1. The Hall–Kier alpha value is -0.980. The highest BCUT2D eigenvalue weighted by Crippen LogP contribution is 2.28. The summed E-state index contributed by atoms with van der Waals surface area (Å²) in [4.78, 5) is 0. The molecule has 0 aliphatic rings. The Labute approximate surface area is 112 Å². The van der Waals surface area contributed by atoms with Gasteiger partial charge in [-0.3, -0.25) is 0 Å². The van der Waals surface area contributed by atoms with Crippen molar-refractivity contribution < 1.29 is 5.11 Å². The summed E-state index contributed by atoms with van der Waals surface area (Å²) in [6, 6.07) is 3.99. The van der Waals surface area contributed by atoms with Gasteiger partial charge in [-0.25, -0.2) is 0 Å². The summed E-state index contributed by atoms with van der Waals surface area (Å²) >= 11 is 0. The summed E-state index contributed by atoms with van der Waals surface area (Å²) in [6.07, 6.45) is 9.34. The second-order valence-corrected chi connectivity index (χ2v) is 5.12. The number of phenolic OH excluding ortho intramolecular Hbond substituents is 1. The zero-order valence-electron chi connectivity index (χ0n) is 12.3. The minimum Gasteiger partial charge on any atom is -0.508 e. The van der Waals surface area contributed by atoms with E-state index in [2.05, 4.69) is 26.8 Å². The molecule has 1 N–H and O–H groups in total. The van der Waals surface area contributed by atoms with Crippen molar-refractivity contribution in [2.24, 2.45) is 0 Å². The minimum atomic E-state index is 0.509. The quantitative estimate of drug-likeness (QED) is 0.640. The lowest BCUT2D eigenvalue weighted by molar-refractivity contribution is 0.464. The summed E-state index contributed by atoms with van der Waals surface area (Å²) in [6.45, 7) is 6.66. The van der Waals surface area contributed by atoms with E-state index >= 15 is 0 Å². The molecule has 1 heteroatoms. The maximum atomic E-state index is 10.1. The number of benzene rings is 1. The van der Waals surface area contributed by atoms with Crippen molar-refractivity contribution in [3.05, 3.63) is 28.8 Å². The van der Waals surface area contributed by atoms with Crippen LogP contribution >= 0.6 is 0 Å². The highest BCUT2D eigenvalue weighted by molar-refractivity contribution is 5.44. The lowest BCUT2D eigenvalue weighted by Gasteiger charge is -2.15. The van der Waals surface area contributed by atoms with Gasteiger partial charge in [-0.2, -0.15) is 0 Å².